The molecule has 0 spiro atoms. The summed E-state index contributed by atoms with van der Waals surface area (Å²) in [6.07, 6.45) is 4.02. The number of nitrogens with zero attached hydrogens (tertiary/aromatic N) is 1. The van der Waals surface area contributed by atoms with Crippen LogP contribution >= 0.6 is 0 Å². The third kappa shape index (κ3) is 9.21. The predicted molar refractivity (Wildman–Crippen MR) is 81.5 cm³/mol. The van der Waals surface area contributed by atoms with E-state index in [1.807, 2.05) is 0 Å². The zero-order chi connectivity index (χ0) is 16.4. The summed E-state index contributed by atoms with van der Waals surface area (Å²) in [4.78, 5) is 10.4. The van der Waals surface area contributed by atoms with Gasteiger partial charge >= 0.3 is 8.80 Å². The van der Waals surface area contributed by atoms with Gasteiger partial charge in [0.15, 0.2) is 0 Å². The van der Waals surface area contributed by atoms with Crippen molar-refractivity contribution in [2.75, 3.05) is 48.5 Å². The van der Waals surface area contributed by atoms with Crippen LogP contribution in [-0.2, 0) is 18.1 Å². The van der Waals surface area contributed by atoms with Gasteiger partial charge in [0.25, 0.3) is 0 Å². The maximum atomic E-state index is 10.4. The molecule has 0 aliphatic carbocycles. The Hall–Kier alpha value is -0.473. The second-order valence-corrected chi connectivity index (χ2v) is 9.06. The largest absolute Gasteiger partial charge is 0.550 e. The number of aliphatic carboxylic acids is 1. The third-order valence-corrected chi connectivity index (χ3v) is 6.66. The van der Waals surface area contributed by atoms with Gasteiger partial charge in [0, 0.05) is 39.8 Å². The summed E-state index contributed by atoms with van der Waals surface area (Å²) in [6.45, 7) is 1.90. The molecule has 0 aliphatic heterocycles. The van der Waals surface area contributed by atoms with Crippen molar-refractivity contribution >= 4 is 14.8 Å². The lowest BCUT2D eigenvalue weighted by Crippen LogP contribution is -2.43. The molecular formula is C14H31NO5Si. The number of carboxylic acid groups (broad SMARTS) is 1. The predicted octanol–water partition coefficient (Wildman–Crippen LogP) is 0.641. The lowest BCUT2D eigenvalue weighted by molar-refractivity contribution is -0.890. The van der Waals surface area contributed by atoms with Crippen molar-refractivity contribution in [2.45, 2.75) is 38.1 Å². The first kappa shape index (κ1) is 20.5. The number of hydrogen-bond acceptors (Lipinski definition) is 5. The Balaban J connectivity index is 3.85. The summed E-state index contributed by atoms with van der Waals surface area (Å²) in [6, 6.07) is 0.828. The minimum atomic E-state index is -2.42. The zero-order valence-electron chi connectivity index (χ0n) is 14.1. The van der Waals surface area contributed by atoms with Crippen molar-refractivity contribution in [3.63, 3.8) is 0 Å². The average Bonchev–Trinajstić information content (AvgIpc) is 2.43. The molecule has 0 bridgehead atoms. The summed E-state index contributed by atoms with van der Waals surface area (Å²) in [5, 5.41) is 10.4. The first-order chi connectivity index (χ1) is 9.81. The molecule has 0 radical (unpaired) electrons. The van der Waals surface area contributed by atoms with Crippen LogP contribution in [0.4, 0.5) is 0 Å². The summed E-state index contributed by atoms with van der Waals surface area (Å²) in [7, 11) is 6.75. The fraction of sp³-hybridized carbons (Fsp3) is 0.929. The molecule has 0 atom stereocenters. The van der Waals surface area contributed by atoms with Crippen LogP contribution in [0.15, 0.2) is 0 Å². The monoisotopic (exact) mass is 321 g/mol. The molecule has 7 heteroatoms. The normalized spacial score (nSPS) is 12.6. The van der Waals surface area contributed by atoms with Crippen molar-refractivity contribution in [2.24, 2.45) is 0 Å². The topological polar surface area (TPSA) is 67.8 Å². The number of rotatable bonds is 13. The molecule has 126 valence electrons. The number of quaternary nitrogens is 1. The molecule has 6 nitrogen and oxygen atoms in total. The van der Waals surface area contributed by atoms with Gasteiger partial charge in [-0.3, -0.25) is 0 Å². The first-order valence-corrected chi connectivity index (χ1v) is 9.41. The second-order valence-electron chi connectivity index (χ2n) is 5.96. The third-order valence-electron chi connectivity index (χ3n) is 3.82. The highest BCUT2D eigenvalue weighted by molar-refractivity contribution is 6.60. The van der Waals surface area contributed by atoms with Crippen molar-refractivity contribution in [3.05, 3.63) is 0 Å². The van der Waals surface area contributed by atoms with Crippen molar-refractivity contribution in [3.8, 4) is 0 Å². The van der Waals surface area contributed by atoms with Crippen molar-refractivity contribution < 1.29 is 27.7 Å². The fourth-order valence-corrected chi connectivity index (χ4v) is 4.17. The smallest absolute Gasteiger partial charge is 0.500 e. The summed E-state index contributed by atoms with van der Waals surface area (Å²) in [5.74, 6) is -0.963. The van der Waals surface area contributed by atoms with E-state index in [0.29, 0.717) is 6.42 Å². The van der Waals surface area contributed by atoms with Gasteiger partial charge < -0.3 is 27.7 Å². The molecule has 0 fully saturated rings. The SMILES string of the molecule is CO[Si](CCCCC[N+](C)(C)CCCC(=O)[O-])(OC)OC. The average molecular weight is 321 g/mol. The summed E-state index contributed by atoms with van der Waals surface area (Å²) < 4.78 is 17.0. The maximum absolute atomic E-state index is 10.4. The molecule has 0 aromatic heterocycles. The van der Waals surface area contributed by atoms with Gasteiger partial charge in [-0.05, 0) is 25.7 Å². The van der Waals surface area contributed by atoms with Crippen LogP contribution in [0.5, 0.6) is 0 Å². The van der Waals surface area contributed by atoms with Gasteiger partial charge in [-0.2, -0.15) is 0 Å². The number of carbonyl (C=O) groups is 1. The highest BCUT2D eigenvalue weighted by Crippen LogP contribution is 2.17. The lowest BCUT2D eigenvalue weighted by Gasteiger charge is -2.30. The van der Waals surface area contributed by atoms with Crippen LogP contribution < -0.4 is 5.11 Å². The van der Waals surface area contributed by atoms with Crippen LogP contribution in [0.2, 0.25) is 6.04 Å². The first-order valence-electron chi connectivity index (χ1n) is 7.48. The second kappa shape index (κ2) is 10.3. The van der Waals surface area contributed by atoms with Gasteiger partial charge in [-0.25, -0.2) is 0 Å². The molecule has 0 amide bonds. The minimum Gasteiger partial charge on any atom is -0.550 e. The van der Waals surface area contributed by atoms with E-state index >= 15 is 0 Å². The van der Waals surface area contributed by atoms with E-state index in [-0.39, 0.29) is 6.42 Å². The summed E-state index contributed by atoms with van der Waals surface area (Å²) in [5.41, 5.74) is 0. The minimum absolute atomic E-state index is 0.144. The maximum Gasteiger partial charge on any atom is 0.500 e. The molecule has 0 rings (SSSR count). The summed E-state index contributed by atoms with van der Waals surface area (Å²) >= 11 is 0. The van der Waals surface area contributed by atoms with Gasteiger partial charge in [0.05, 0.1) is 27.2 Å². The molecule has 0 heterocycles. The molecule has 0 N–H and O–H groups in total. The van der Waals surface area contributed by atoms with E-state index in [0.717, 1.165) is 42.9 Å². The van der Waals surface area contributed by atoms with E-state index in [1.54, 1.807) is 21.3 Å². The highest BCUT2D eigenvalue weighted by Gasteiger charge is 2.36. The van der Waals surface area contributed by atoms with Crippen molar-refractivity contribution in [1.82, 2.24) is 0 Å². The Morgan fingerprint density at radius 3 is 1.95 bits per heavy atom. The number of hydrogen-bond donors (Lipinski definition) is 0. The Bertz CT molecular complexity index is 287. The molecule has 21 heavy (non-hydrogen) atoms. The lowest BCUT2D eigenvalue weighted by atomic mass is 10.2. The van der Waals surface area contributed by atoms with E-state index in [9.17, 15) is 9.90 Å². The van der Waals surface area contributed by atoms with Gasteiger partial charge in [0.1, 0.15) is 0 Å². The molecule has 0 aromatic rings. The van der Waals surface area contributed by atoms with E-state index in [4.69, 9.17) is 13.3 Å². The van der Waals surface area contributed by atoms with E-state index in [2.05, 4.69) is 14.1 Å². The molecule has 0 saturated carbocycles. The van der Waals surface area contributed by atoms with Crippen LogP contribution in [0.1, 0.15) is 32.1 Å². The Kier molecular flexibility index (Phi) is 10.1. The number of carbonyl (C=O) groups excluding carboxylic acids is 1. The number of carboxylic acids is 1. The highest BCUT2D eigenvalue weighted by atomic mass is 28.4. The standard InChI is InChI=1S/C14H31NO5Si/c1-15(2,12-9-10-14(16)17)11-7-6-8-13-21(18-3,19-4)20-5/h6-13H2,1-5H3. The Labute approximate surface area is 130 Å². The van der Waals surface area contributed by atoms with Crippen LogP contribution in [0.25, 0.3) is 0 Å². The molecule has 0 unspecified atom stereocenters. The van der Waals surface area contributed by atoms with Crippen molar-refractivity contribution in [1.29, 1.82) is 0 Å². The molecular weight excluding hydrogens is 290 g/mol. The van der Waals surface area contributed by atoms with Gasteiger partial charge in [-0.1, -0.05) is 0 Å². The fourth-order valence-electron chi connectivity index (χ4n) is 2.38. The number of unbranched alkanes of at least 4 members (excludes halogenated alkanes) is 2. The van der Waals surface area contributed by atoms with E-state index in [1.165, 1.54) is 0 Å². The van der Waals surface area contributed by atoms with Crippen LogP contribution in [0, 0.1) is 0 Å². The van der Waals surface area contributed by atoms with E-state index < -0.39 is 14.8 Å². The Morgan fingerprint density at radius 1 is 0.952 bits per heavy atom. The molecule has 0 aromatic carbocycles. The molecule has 0 aliphatic rings. The Morgan fingerprint density at radius 2 is 1.48 bits per heavy atom. The molecule has 0 saturated heterocycles. The van der Waals surface area contributed by atoms with Gasteiger partial charge in [-0.15, -0.1) is 0 Å². The van der Waals surface area contributed by atoms with Gasteiger partial charge in [0.2, 0.25) is 0 Å². The quantitative estimate of drug-likeness (QED) is 0.283. The van der Waals surface area contributed by atoms with Crippen LogP contribution in [0.3, 0.4) is 0 Å². The zero-order valence-corrected chi connectivity index (χ0v) is 15.1. The van der Waals surface area contributed by atoms with Crippen LogP contribution in [-0.4, -0.2) is 67.8 Å².